The molecule has 37 heavy (non-hydrogen) atoms. The molecule has 194 valence electrons. The Morgan fingerprint density at radius 3 is 2.54 bits per heavy atom. The summed E-state index contributed by atoms with van der Waals surface area (Å²) < 4.78 is 7.74. The number of methoxy groups -OCH3 is 1. The van der Waals surface area contributed by atoms with E-state index in [2.05, 4.69) is 39.0 Å². The molecule has 4 heterocycles. The molecule has 3 unspecified atom stereocenters. The fourth-order valence-electron chi connectivity index (χ4n) is 5.27. The first-order chi connectivity index (χ1) is 17.7. The third-order valence-corrected chi connectivity index (χ3v) is 7.52. The van der Waals surface area contributed by atoms with E-state index >= 15 is 0 Å². The standard InChI is InChI=1S/C26H28Cl2N6O3/c1-13(2)33-20(18-12-31-26(29-3)32-24(18)37-4)10-17-22(33)21(14-5-7-15(27)8-6-14)34(25(17)36)16-9-19(28)23(35)30-11-16/h5-8,10,12-13,16,19,21H,9,11H2,1-4H3,(H,30,35)(H,29,31,32). The van der Waals surface area contributed by atoms with Gasteiger partial charge in [-0.3, -0.25) is 9.59 Å². The largest absolute Gasteiger partial charge is 0.480 e. The number of piperidine rings is 1. The topological polar surface area (TPSA) is 101 Å². The highest BCUT2D eigenvalue weighted by Gasteiger charge is 2.47. The van der Waals surface area contributed by atoms with Gasteiger partial charge in [-0.2, -0.15) is 4.98 Å². The minimum absolute atomic E-state index is 0.00168. The summed E-state index contributed by atoms with van der Waals surface area (Å²) in [4.78, 5) is 36.8. The number of aromatic nitrogens is 3. The summed E-state index contributed by atoms with van der Waals surface area (Å²) in [5.74, 6) is 0.514. The van der Waals surface area contributed by atoms with Gasteiger partial charge in [-0.1, -0.05) is 23.7 Å². The zero-order valence-electron chi connectivity index (χ0n) is 21.0. The normalized spacial score (nSPS) is 21.3. The van der Waals surface area contributed by atoms with Crippen molar-refractivity contribution < 1.29 is 14.3 Å². The van der Waals surface area contributed by atoms with Gasteiger partial charge in [-0.25, -0.2) is 4.98 Å². The zero-order valence-corrected chi connectivity index (χ0v) is 22.5. The van der Waals surface area contributed by atoms with Gasteiger partial charge in [0.2, 0.25) is 17.7 Å². The first-order valence-electron chi connectivity index (χ1n) is 12.1. The van der Waals surface area contributed by atoms with Crippen LogP contribution in [-0.2, 0) is 4.79 Å². The monoisotopic (exact) mass is 542 g/mol. The predicted octanol–water partition coefficient (Wildman–Crippen LogP) is 4.27. The number of ether oxygens (including phenoxy) is 1. The molecule has 0 spiro atoms. The average molecular weight is 543 g/mol. The van der Waals surface area contributed by atoms with Crippen LogP contribution in [0.3, 0.4) is 0 Å². The van der Waals surface area contributed by atoms with Crippen molar-refractivity contribution in [3.63, 3.8) is 0 Å². The molecule has 2 aliphatic rings. The van der Waals surface area contributed by atoms with E-state index in [1.54, 1.807) is 20.4 Å². The number of carbonyl (C=O) groups excluding carboxylic acids is 2. The zero-order chi connectivity index (χ0) is 26.4. The van der Waals surface area contributed by atoms with Gasteiger partial charge in [0.25, 0.3) is 5.91 Å². The lowest BCUT2D eigenvalue weighted by molar-refractivity contribution is -0.122. The Hall–Kier alpha value is -3.30. The van der Waals surface area contributed by atoms with E-state index in [0.717, 1.165) is 17.0 Å². The fourth-order valence-corrected chi connectivity index (χ4v) is 5.68. The number of amides is 2. The smallest absolute Gasteiger partial charge is 0.256 e. The molecule has 11 heteroatoms. The van der Waals surface area contributed by atoms with Gasteiger partial charge in [0.1, 0.15) is 5.38 Å². The maximum Gasteiger partial charge on any atom is 0.256 e. The summed E-state index contributed by atoms with van der Waals surface area (Å²) >= 11 is 12.5. The van der Waals surface area contributed by atoms with Crippen LogP contribution in [0.1, 0.15) is 54.0 Å². The SMILES string of the molecule is CNc1ncc(-c2cc3c(n2C(C)C)C(c2ccc(Cl)cc2)N(C2CNC(=O)C(Cl)C2)C3=O)c(OC)n1. The van der Waals surface area contributed by atoms with E-state index in [9.17, 15) is 9.59 Å². The lowest BCUT2D eigenvalue weighted by atomic mass is 9.99. The molecule has 2 N–H and O–H groups in total. The van der Waals surface area contributed by atoms with E-state index < -0.39 is 11.4 Å². The number of benzene rings is 1. The molecule has 5 rings (SSSR count). The van der Waals surface area contributed by atoms with Crippen molar-refractivity contribution in [1.82, 2.24) is 24.8 Å². The van der Waals surface area contributed by atoms with Crippen molar-refractivity contribution in [3.8, 4) is 17.1 Å². The molecule has 1 saturated heterocycles. The van der Waals surface area contributed by atoms with Crippen LogP contribution in [0.2, 0.25) is 5.02 Å². The number of hydrogen-bond acceptors (Lipinski definition) is 6. The summed E-state index contributed by atoms with van der Waals surface area (Å²) in [6.45, 7) is 4.48. The number of anilines is 1. The highest BCUT2D eigenvalue weighted by molar-refractivity contribution is 6.31. The number of nitrogens with zero attached hydrogens (tertiary/aromatic N) is 4. The number of hydrogen-bond donors (Lipinski definition) is 2. The molecule has 1 fully saturated rings. The highest BCUT2D eigenvalue weighted by atomic mass is 35.5. The first kappa shape index (κ1) is 25.4. The maximum atomic E-state index is 14.1. The molecule has 2 aromatic heterocycles. The van der Waals surface area contributed by atoms with Gasteiger partial charge < -0.3 is 24.8 Å². The number of rotatable bonds is 6. The molecule has 0 bridgehead atoms. The Bertz CT molecular complexity index is 1360. The molecule has 0 aliphatic carbocycles. The van der Waals surface area contributed by atoms with E-state index in [-0.39, 0.29) is 23.9 Å². The summed E-state index contributed by atoms with van der Waals surface area (Å²) in [7, 11) is 3.30. The van der Waals surface area contributed by atoms with Crippen molar-refractivity contribution in [1.29, 1.82) is 0 Å². The van der Waals surface area contributed by atoms with Crippen molar-refractivity contribution in [3.05, 3.63) is 58.4 Å². The van der Waals surface area contributed by atoms with Crippen LogP contribution < -0.4 is 15.4 Å². The van der Waals surface area contributed by atoms with E-state index in [0.29, 0.717) is 40.9 Å². The van der Waals surface area contributed by atoms with Gasteiger partial charge in [0.15, 0.2) is 0 Å². The molecule has 2 aliphatic heterocycles. The minimum Gasteiger partial charge on any atom is -0.480 e. The highest BCUT2D eigenvalue weighted by Crippen LogP contribution is 2.46. The predicted molar refractivity (Wildman–Crippen MR) is 142 cm³/mol. The van der Waals surface area contributed by atoms with Gasteiger partial charge in [0.05, 0.1) is 41.7 Å². The molecule has 0 radical (unpaired) electrons. The molecular weight excluding hydrogens is 515 g/mol. The number of nitrogens with one attached hydrogen (secondary N) is 2. The second-order valence-electron chi connectivity index (χ2n) is 9.43. The van der Waals surface area contributed by atoms with Crippen LogP contribution in [0, 0.1) is 0 Å². The molecule has 0 saturated carbocycles. The van der Waals surface area contributed by atoms with Crippen LogP contribution in [0.4, 0.5) is 5.95 Å². The molecule has 3 aromatic rings. The van der Waals surface area contributed by atoms with Crippen LogP contribution in [-0.4, -0.2) is 63.4 Å². The van der Waals surface area contributed by atoms with E-state index in [4.69, 9.17) is 27.9 Å². The molecule has 3 atom stereocenters. The number of halogens is 2. The fraction of sp³-hybridized carbons (Fsp3) is 0.385. The maximum absolute atomic E-state index is 14.1. The van der Waals surface area contributed by atoms with Gasteiger partial charge in [-0.15, -0.1) is 11.6 Å². The Morgan fingerprint density at radius 1 is 1.19 bits per heavy atom. The average Bonchev–Trinajstić information content (AvgIpc) is 3.41. The Balaban J connectivity index is 1.70. The summed E-state index contributed by atoms with van der Waals surface area (Å²) in [5.41, 5.74) is 3.84. The quantitative estimate of drug-likeness (QED) is 0.451. The number of fused-ring (bicyclic) bond motifs is 1. The molecule has 9 nitrogen and oxygen atoms in total. The summed E-state index contributed by atoms with van der Waals surface area (Å²) in [5, 5.41) is 5.68. The van der Waals surface area contributed by atoms with Gasteiger partial charge in [-0.05, 0) is 44.0 Å². The van der Waals surface area contributed by atoms with Crippen LogP contribution in [0.25, 0.3) is 11.3 Å². The van der Waals surface area contributed by atoms with E-state index in [1.807, 2.05) is 35.2 Å². The van der Waals surface area contributed by atoms with Crippen molar-refractivity contribution in [2.45, 2.75) is 43.8 Å². The van der Waals surface area contributed by atoms with Crippen molar-refractivity contribution in [2.75, 3.05) is 26.0 Å². The third kappa shape index (κ3) is 4.30. The number of carbonyl (C=O) groups is 2. The summed E-state index contributed by atoms with van der Waals surface area (Å²) in [6.07, 6.45) is 2.07. The third-order valence-electron chi connectivity index (χ3n) is 6.90. The Kier molecular flexibility index (Phi) is 6.76. The van der Waals surface area contributed by atoms with Gasteiger partial charge >= 0.3 is 0 Å². The Morgan fingerprint density at radius 2 is 1.92 bits per heavy atom. The second kappa shape index (κ2) is 9.87. The Labute approximate surface area is 225 Å². The van der Waals surface area contributed by atoms with Crippen LogP contribution in [0.15, 0.2) is 36.5 Å². The lowest BCUT2D eigenvalue weighted by Gasteiger charge is -2.38. The molecular formula is C26H28Cl2N6O3. The van der Waals surface area contributed by atoms with E-state index in [1.165, 1.54) is 0 Å². The van der Waals surface area contributed by atoms with Crippen molar-refractivity contribution >= 4 is 41.0 Å². The second-order valence-corrected chi connectivity index (χ2v) is 10.4. The molecule has 1 aromatic carbocycles. The van der Waals surface area contributed by atoms with Crippen LogP contribution >= 0.6 is 23.2 Å². The first-order valence-corrected chi connectivity index (χ1v) is 12.9. The lowest BCUT2D eigenvalue weighted by Crippen LogP contribution is -2.53. The van der Waals surface area contributed by atoms with Crippen LogP contribution in [0.5, 0.6) is 5.88 Å². The van der Waals surface area contributed by atoms with Crippen molar-refractivity contribution in [2.24, 2.45) is 0 Å². The number of alkyl halides is 1. The summed E-state index contributed by atoms with van der Waals surface area (Å²) in [6, 6.07) is 8.74. The van der Waals surface area contributed by atoms with Gasteiger partial charge in [0, 0.05) is 30.9 Å². The minimum atomic E-state index is -0.702. The molecule has 2 amide bonds.